The topological polar surface area (TPSA) is 64.8 Å². The van der Waals surface area contributed by atoms with Crippen LogP contribution in [-0.4, -0.2) is 30.2 Å². The van der Waals surface area contributed by atoms with Crippen LogP contribution in [0.3, 0.4) is 0 Å². The summed E-state index contributed by atoms with van der Waals surface area (Å²) in [5, 5.41) is 0. The van der Waals surface area contributed by atoms with Crippen molar-refractivity contribution in [2.45, 2.75) is 26.4 Å². The average molecular weight is 226 g/mol. The summed E-state index contributed by atoms with van der Waals surface area (Å²) in [6, 6.07) is 0. The van der Waals surface area contributed by atoms with Crippen molar-refractivity contribution in [3.8, 4) is 0 Å². The van der Waals surface area contributed by atoms with Crippen LogP contribution in [0.4, 0.5) is 4.79 Å². The Kier molecular flexibility index (Phi) is 3.47. The number of nitrogens with zero attached hydrogens (tertiary/aromatic N) is 1. The van der Waals surface area contributed by atoms with Gasteiger partial charge in [-0.1, -0.05) is 0 Å². The van der Waals surface area contributed by atoms with Gasteiger partial charge in [0, 0.05) is 11.8 Å². The summed E-state index contributed by atoms with van der Waals surface area (Å²) in [7, 11) is 1.52. The maximum Gasteiger partial charge on any atom is 0.414 e. The summed E-state index contributed by atoms with van der Waals surface area (Å²) in [5.74, 6) is 0.537. The lowest BCUT2D eigenvalue weighted by Crippen LogP contribution is -2.37. The van der Waals surface area contributed by atoms with Crippen LogP contribution >= 0.6 is 0 Å². The number of hydrogen-bond donors (Lipinski definition) is 1. The van der Waals surface area contributed by atoms with Crippen LogP contribution in [0.15, 0.2) is 23.7 Å². The quantitative estimate of drug-likeness (QED) is 0.737. The number of ether oxygens (including phenoxy) is 2. The highest BCUT2D eigenvalue weighted by Crippen LogP contribution is 2.15. The van der Waals surface area contributed by atoms with E-state index in [1.807, 2.05) is 20.8 Å². The molecule has 2 N–H and O–H groups in total. The number of carbonyl (C=O) groups is 1. The molecule has 0 fully saturated rings. The Labute approximate surface area is 95.5 Å². The predicted molar refractivity (Wildman–Crippen MR) is 60.3 cm³/mol. The van der Waals surface area contributed by atoms with Gasteiger partial charge in [0.2, 0.25) is 0 Å². The molecule has 0 saturated carbocycles. The normalized spacial score (nSPS) is 16.4. The van der Waals surface area contributed by atoms with Crippen LogP contribution in [0.5, 0.6) is 0 Å². The molecule has 0 atom stereocenters. The van der Waals surface area contributed by atoms with E-state index >= 15 is 0 Å². The molecule has 0 bridgehead atoms. The predicted octanol–water partition coefficient (Wildman–Crippen LogP) is 1.57. The fourth-order valence-corrected chi connectivity index (χ4v) is 1.21. The van der Waals surface area contributed by atoms with Crippen LogP contribution in [0.25, 0.3) is 0 Å². The van der Waals surface area contributed by atoms with Crippen LogP contribution in [-0.2, 0) is 9.47 Å². The molecule has 5 heteroatoms. The molecule has 0 radical (unpaired) electrons. The second kappa shape index (κ2) is 4.47. The SMILES string of the molecule is COC1=CN(C(=O)OC(C)(C)C)CC(N)=C1. The molecule has 1 heterocycles. The highest BCUT2D eigenvalue weighted by Gasteiger charge is 2.23. The molecule has 5 nitrogen and oxygen atoms in total. The second-order valence-electron chi connectivity index (χ2n) is 4.56. The lowest BCUT2D eigenvalue weighted by atomic mass is 10.2. The van der Waals surface area contributed by atoms with E-state index < -0.39 is 11.7 Å². The first kappa shape index (κ1) is 12.4. The Bertz CT molecular complexity index is 340. The van der Waals surface area contributed by atoms with Crippen molar-refractivity contribution in [2.24, 2.45) is 5.73 Å². The average Bonchev–Trinajstić information content (AvgIpc) is 2.14. The van der Waals surface area contributed by atoms with Crippen molar-refractivity contribution in [2.75, 3.05) is 13.7 Å². The molecule has 0 saturated heterocycles. The molecule has 0 aliphatic carbocycles. The molecular formula is C11H18N2O3. The first-order chi connectivity index (χ1) is 7.31. The number of hydrogen-bond acceptors (Lipinski definition) is 4. The summed E-state index contributed by atoms with van der Waals surface area (Å²) < 4.78 is 10.2. The zero-order chi connectivity index (χ0) is 12.3. The minimum atomic E-state index is -0.520. The van der Waals surface area contributed by atoms with Gasteiger partial charge in [0.05, 0.1) is 19.9 Å². The summed E-state index contributed by atoms with van der Waals surface area (Å²) in [6.07, 6.45) is 2.82. The van der Waals surface area contributed by atoms with Gasteiger partial charge in [0.15, 0.2) is 0 Å². The fraction of sp³-hybridized carbons (Fsp3) is 0.545. The molecule has 1 aliphatic heterocycles. The fourth-order valence-electron chi connectivity index (χ4n) is 1.21. The Morgan fingerprint density at radius 2 is 2.12 bits per heavy atom. The Morgan fingerprint density at radius 1 is 1.50 bits per heavy atom. The van der Waals surface area contributed by atoms with Gasteiger partial charge in [-0.05, 0) is 20.8 Å². The molecular weight excluding hydrogens is 208 g/mol. The standard InChI is InChI=1S/C11H18N2O3/c1-11(2,3)16-10(14)13-6-8(12)5-9(7-13)15-4/h5,7H,6,12H2,1-4H3. The number of nitrogens with two attached hydrogens (primary N) is 1. The number of amides is 1. The molecule has 0 unspecified atom stereocenters. The van der Waals surface area contributed by atoms with Gasteiger partial charge in [0.1, 0.15) is 11.4 Å². The van der Waals surface area contributed by atoms with E-state index in [1.165, 1.54) is 12.0 Å². The second-order valence-corrected chi connectivity index (χ2v) is 4.56. The Hall–Kier alpha value is -1.65. The molecule has 1 amide bonds. The molecule has 1 rings (SSSR count). The summed E-state index contributed by atoms with van der Waals surface area (Å²) in [6.45, 7) is 5.76. The van der Waals surface area contributed by atoms with Gasteiger partial charge >= 0.3 is 6.09 Å². The zero-order valence-corrected chi connectivity index (χ0v) is 10.1. The molecule has 0 spiro atoms. The third-order valence-corrected chi connectivity index (χ3v) is 1.83. The Balaban J connectivity index is 2.72. The maximum atomic E-state index is 11.7. The van der Waals surface area contributed by atoms with Gasteiger partial charge in [-0.3, -0.25) is 4.90 Å². The maximum absolute atomic E-state index is 11.7. The summed E-state index contributed by atoms with van der Waals surface area (Å²) in [4.78, 5) is 13.1. The van der Waals surface area contributed by atoms with E-state index in [4.69, 9.17) is 15.2 Å². The minimum Gasteiger partial charge on any atom is -0.495 e. The summed E-state index contributed by atoms with van der Waals surface area (Å²) in [5.41, 5.74) is 5.72. The van der Waals surface area contributed by atoms with E-state index in [-0.39, 0.29) is 0 Å². The van der Waals surface area contributed by atoms with Crippen molar-refractivity contribution in [1.29, 1.82) is 0 Å². The van der Waals surface area contributed by atoms with Crippen molar-refractivity contribution in [3.63, 3.8) is 0 Å². The first-order valence-electron chi connectivity index (χ1n) is 5.03. The third-order valence-electron chi connectivity index (χ3n) is 1.83. The largest absolute Gasteiger partial charge is 0.495 e. The van der Waals surface area contributed by atoms with Crippen LogP contribution < -0.4 is 5.73 Å². The number of allylic oxidation sites excluding steroid dienone is 1. The van der Waals surface area contributed by atoms with Gasteiger partial charge in [0.25, 0.3) is 0 Å². The van der Waals surface area contributed by atoms with E-state index in [1.54, 1.807) is 12.3 Å². The van der Waals surface area contributed by atoms with Crippen LogP contribution in [0.1, 0.15) is 20.8 Å². The molecule has 16 heavy (non-hydrogen) atoms. The highest BCUT2D eigenvalue weighted by molar-refractivity contribution is 5.70. The monoisotopic (exact) mass is 226 g/mol. The van der Waals surface area contributed by atoms with Gasteiger partial charge in [-0.15, -0.1) is 0 Å². The van der Waals surface area contributed by atoms with Crippen LogP contribution in [0.2, 0.25) is 0 Å². The lowest BCUT2D eigenvalue weighted by Gasteiger charge is -2.27. The number of carbonyl (C=O) groups excluding carboxylic acids is 1. The Morgan fingerprint density at radius 3 is 2.62 bits per heavy atom. The smallest absolute Gasteiger partial charge is 0.414 e. The highest BCUT2D eigenvalue weighted by atomic mass is 16.6. The third kappa shape index (κ3) is 3.49. The van der Waals surface area contributed by atoms with Crippen molar-refractivity contribution >= 4 is 6.09 Å². The molecule has 0 aromatic heterocycles. The van der Waals surface area contributed by atoms with E-state index in [0.717, 1.165) is 0 Å². The van der Waals surface area contributed by atoms with Gasteiger partial charge in [-0.25, -0.2) is 4.79 Å². The van der Waals surface area contributed by atoms with Crippen molar-refractivity contribution < 1.29 is 14.3 Å². The summed E-state index contributed by atoms with van der Waals surface area (Å²) >= 11 is 0. The van der Waals surface area contributed by atoms with Crippen LogP contribution in [0, 0.1) is 0 Å². The lowest BCUT2D eigenvalue weighted by molar-refractivity contribution is 0.0337. The van der Waals surface area contributed by atoms with E-state index in [9.17, 15) is 4.79 Å². The number of methoxy groups -OCH3 is 1. The zero-order valence-electron chi connectivity index (χ0n) is 10.1. The molecule has 90 valence electrons. The molecule has 0 aromatic carbocycles. The van der Waals surface area contributed by atoms with Crippen molar-refractivity contribution in [3.05, 3.63) is 23.7 Å². The molecule has 0 aromatic rings. The van der Waals surface area contributed by atoms with Gasteiger partial charge < -0.3 is 15.2 Å². The molecule has 1 aliphatic rings. The number of rotatable bonds is 1. The van der Waals surface area contributed by atoms with E-state index in [0.29, 0.717) is 18.0 Å². The van der Waals surface area contributed by atoms with Gasteiger partial charge in [-0.2, -0.15) is 0 Å². The first-order valence-corrected chi connectivity index (χ1v) is 5.03. The van der Waals surface area contributed by atoms with E-state index in [2.05, 4.69) is 0 Å². The van der Waals surface area contributed by atoms with Crippen molar-refractivity contribution in [1.82, 2.24) is 4.90 Å². The minimum absolute atomic E-state index is 0.321.